The van der Waals surface area contributed by atoms with Crippen molar-refractivity contribution in [3.05, 3.63) is 44.7 Å². The number of aromatic amines is 1. The van der Waals surface area contributed by atoms with Crippen LogP contribution in [0.1, 0.15) is 27.3 Å². The van der Waals surface area contributed by atoms with Crippen LogP contribution in [0.25, 0.3) is 0 Å². The molecule has 2 N–H and O–H groups in total. The lowest BCUT2D eigenvalue weighted by atomic mass is 10.2. The maximum Gasteiger partial charge on any atom is 0.419 e. The van der Waals surface area contributed by atoms with Gasteiger partial charge in [-0.25, -0.2) is 4.79 Å². The molecule has 2 aromatic rings. The lowest BCUT2D eigenvalue weighted by Gasteiger charge is -2.14. The van der Waals surface area contributed by atoms with Crippen LogP contribution in [0.5, 0.6) is 0 Å². The Morgan fingerprint density at radius 2 is 1.76 bits per heavy atom. The predicted molar refractivity (Wildman–Crippen MR) is 92.5 cm³/mol. The summed E-state index contributed by atoms with van der Waals surface area (Å²) < 4.78 is 46.2. The number of hydrogen-bond acceptors (Lipinski definition) is 4. The van der Waals surface area contributed by atoms with Crippen molar-refractivity contribution in [3.8, 4) is 0 Å². The summed E-state index contributed by atoms with van der Waals surface area (Å²) in [6, 6.07) is 2.24. The van der Waals surface area contributed by atoms with E-state index in [4.69, 9.17) is 27.9 Å². The fraction of sp³-hybridized carbons (Fsp3) is 0.267. The van der Waals surface area contributed by atoms with Gasteiger partial charge in [-0.1, -0.05) is 23.2 Å². The molecule has 0 spiro atoms. The maximum absolute atomic E-state index is 12.9. The van der Waals surface area contributed by atoms with Crippen molar-refractivity contribution in [3.63, 3.8) is 0 Å². The van der Waals surface area contributed by atoms with Gasteiger partial charge < -0.3 is 14.4 Å². The third-order valence-corrected chi connectivity index (χ3v) is 4.95. The van der Waals surface area contributed by atoms with E-state index in [2.05, 4.69) is 9.71 Å². The molecule has 0 fully saturated rings. The van der Waals surface area contributed by atoms with Gasteiger partial charge in [0.15, 0.2) is 0 Å². The van der Waals surface area contributed by atoms with Gasteiger partial charge in [0.05, 0.1) is 33.2 Å². The molecule has 25 heavy (non-hydrogen) atoms. The van der Waals surface area contributed by atoms with E-state index >= 15 is 0 Å². The van der Waals surface area contributed by atoms with Gasteiger partial charge in [-0.3, -0.25) is 0 Å². The molecule has 0 saturated heterocycles. The molecule has 1 heterocycles. The number of aromatic nitrogens is 1. The quantitative estimate of drug-likeness (QED) is 0.487. The first kappa shape index (κ1) is 19.8. The molecule has 0 saturated carbocycles. The molecule has 4 nitrogen and oxygen atoms in total. The lowest BCUT2D eigenvalue weighted by Crippen LogP contribution is -2.07. The van der Waals surface area contributed by atoms with E-state index < -0.39 is 27.8 Å². The average Bonchev–Trinajstić information content (AvgIpc) is 2.76. The van der Waals surface area contributed by atoms with Crippen LogP contribution in [0.3, 0.4) is 0 Å². The van der Waals surface area contributed by atoms with Gasteiger partial charge in [0, 0.05) is 17.1 Å². The SMILES string of the molecule is COC(=O)c1c(C)[nH]c(C)c1SNc1cc(Cl)c(C(F)(F)F)c(Cl)c1. The Bertz CT molecular complexity index is 799. The molecule has 0 aliphatic heterocycles. The fourth-order valence-corrected chi connectivity index (χ4v) is 3.83. The number of alkyl halides is 3. The third kappa shape index (κ3) is 4.19. The number of anilines is 1. The summed E-state index contributed by atoms with van der Waals surface area (Å²) in [7, 11) is 1.27. The van der Waals surface area contributed by atoms with Crippen LogP contribution in [-0.2, 0) is 10.9 Å². The highest BCUT2D eigenvalue weighted by molar-refractivity contribution is 8.00. The number of hydrogen-bond donors (Lipinski definition) is 2. The zero-order valence-corrected chi connectivity index (χ0v) is 15.6. The van der Waals surface area contributed by atoms with Crippen LogP contribution < -0.4 is 4.72 Å². The highest BCUT2D eigenvalue weighted by Crippen LogP contribution is 2.42. The van der Waals surface area contributed by atoms with E-state index in [-0.39, 0.29) is 5.69 Å². The summed E-state index contributed by atoms with van der Waals surface area (Å²) in [6.07, 6.45) is -4.65. The van der Waals surface area contributed by atoms with Crippen LogP contribution in [0.4, 0.5) is 18.9 Å². The van der Waals surface area contributed by atoms with Gasteiger partial charge in [0.25, 0.3) is 0 Å². The molecule has 0 aliphatic rings. The molecule has 0 unspecified atom stereocenters. The lowest BCUT2D eigenvalue weighted by molar-refractivity contribution is -0.137. The number of carbonyl (C=O) groups excluding carboxylic acids is 1. The Morgan fingerprint density at radius 1 is 1.20 bits per heavy atom. The van der Waals surface area contributed by atoms with Gasteiger partial charge in [-0.2, -0.15) is 13.2 Å². The van der Waals surface area contributed by atoms with E-state index in [0.29, 0.717) is 21.8 Å². The standard InChI is InChI=1S/C15H13Cl2F3N2O2S/c1-6-11(14(23)24-3)13(7(2)21-6)25-22-8-4-9(16)12(10(17)5-8)15(18,19)20/h4-5,21-22H,1-3H3. The third-order valence-electron chi connectivity index (χ3n) is 3.30. The average molecular weight is 413 g/mol. The normalized spacial score (nSPS) is 11.5. The van der Waals surface area contributed by atoms with Crippen LogP contribution in [0, 0.1) is 13.8 Å². The molecule has 1 aromatic heterocycles. The fourth-order valence-electron chi connectivity index (χ4n) is 2.25. The zero-order valence-electron chi connectivity index (χ0n) is 13.3. The molecule has 0 radical (unpaired) electrons. The number of ether oxygens (including phenoxy) is 1. The highest BCUT2D eigenvalue weighted by Gasteiger charge is 2.36. The topological polar surface area (TPSA) is 54.1 Å². The number of benzene rings is 1. The van der Waals surface area contributed by atoms with Crippen LogP contribution >= 0.6 is 35.1 Å². The molecule has 1 aromatic carbocycles. The largest absolute Gasteiger partial charge is 0.465 e. The minimum absolute atomic E-state index is 0.266. The van der Waals surface area contributed by atoms with Crippen molar-refractivity contribution in [1.82, 2.24) is 4.98 Å². The Labute approximate surface area is 156 Å². The minimum Gasteiger partial charge on any atom is -0.465 e. The van der Waals surface area contributed by atoms with Gasteiger partial charge in [-0.05, 0) is 37.9 Å². The smallest absolute Gasteiger partial charge is 0.419 e. The molecule has 0 atom stereocenters. The number of nitrogens with one attached hydrogen (secondary N) is 2. The number of aryl methyl sites for hydroxylation is 2. The van der Waals surface area contributed by atoms with Crippen molar-refractivity contribution in [2.24, 2.45) is 0 Å². The molecule has 0 aliphatic carbocycles. The van der Waals surface area contributed by atoms with E-state index in [0.717, 1.165) is 24.1 Å². The first-order chi connectivity index (χ1) is 11.6. The number of halogens is 5. The number of esters is 1. The summed E-state index contributed by atoms with van der Waals surface area (Å²) in [6.45, 7) is 3.48. The van der Waals surface area contributed by atoms with Gasteiger partial charge in [0.2, 0.25) is 0 Å². The number of methoxy groups -OCH3 is 1. The predicted octanol–water partition coefficient (Wildman–Crippen LogP) is 5.86. The molecule has 0 amide bonds. The summed E-state index contributed by atoms with van der Waals surface area (Å²) in [5.41, 5.74) is 0.857. The minimum atomic E-state index is -4.65. The second-order valence-electron chi connectivity index (χ2n) is 5.09. The second kappa shape index (κ2) is 7.39. The molecular formula is C15H13Cl2F3N2O2S. The van der Waals surface area contributed by atoms with Crippen LogP contribution in [0.15, 0.2) is 17.0 Å². The second-order valence-corrected chi connectivity index (χ2v) is 6.72. The highest BCUT2D eigenvalue weighted by atomic mass is 35.5. The molecule has 136 valence electrons. The zero-order chi connectivity index (χ0) is 18.9. The Kier molecular flexibility index (Phi) is 5.86. The van der Waals surface area contributed by atoms with E-state index in [1.54, 1.807) is 13.8 Å². The summed E-state index contributed by atoms with van der Waals surface area (Å²) >= 11 is 12.5. The van der Waals surface area contributed by atoms with Crippen molar-refractivity contribution >= 4 is 46.8 Å². The van der Waals surface area contributed by atoms with Gasteiger partial charge in [-0.15, -0.1) is 0 Å². The van der Waals surface area contributed by atoms with E-state index in [9.17, 15) is 18.0 Å². The summed E-state index contributed by atoms with van der Waals surface area (Å²) in [5, 5.41) is -1.03. The first-order valence-corrected chi connectivity index (χ1v) is 8.40. The maximum atomic E-state index is 12.9. The number of carbonyl (C=O) groups is 1. The molecule has 10 heteroatoms. The van der Waals surface area contributed by atoms with Gasteiger partial charge in [0.1, 0.15) is 0 Å². The van der Waals surface area contributed by atoms with Crippen LogP contribution in [0.2, 0.25) is 10.0 Å². The molecule has 2 rings (SSSR count). The Balaban J connectivity index is 2.31. The Morgan fingerprint density at radius 3 is 2.24 bits per heavy atom. The summed E-state index contributed by atoms with van der Waals surface area (Å²) in [5.74, 6) is -0.519. The van der Waals surface area contributed by atoms with Crippen molar-refractivity contribution in [2.75, 3.05) is 11.8 Å². The Hall–Kier alpha value is -1.51. The van der Waals surface area contributed by atoms with Crippen molar-refractivity contribution < 1.29 is 22.7 Å². The summed E-state index contributed by atoms with van der Waals surface area (Å²) in [4.78, 5) is 15.5. The molecular weight excluding hydrogens is 400 g/mol. The van der Waals surface area contributed by atoms with E-state index in [1.807, 2.05) is 0 Å². The van der Waals surface area contributed by atoms with Crippen molar-refractivity contribution in [1.29, 1.82) is 0 Å². The monoisotopic (exact) mass is 412 g/mol. The number of H-pyrrole nitrogens is 1. The van der Waals surface area contributed by atoms with Crippen molar-refractivity contribution in [2.45, 2.75) is 24.9 Å². The number of rotatable bonds is 4. The van der Waals surface area contributed by atoms with Crippen LogP contribution in [-0.4, -0.2) is 18.1 Å². The van der Waals surface area contributed by atoms with Gasteiger partial charge >= 0.3 is 12.1 Å². The first-order valence-electron chi connectivity index (χ1n) is 6.82. The van der Waals surface area contributed by atoms with E-state index in [1.165, 1.54) is 7.11 Å². The molecule has 0 bridgehead atoms.